The number of hydrogen-bond donors (Lipinski definition) is 1. The van der Waals surface area contributed by atoms with Crippen LogP contribution in [0.1, 0.15) is 50.6 Å². The predicted octanol–water partition coefficient (Wildman–Crippen LogP) is 2.91. The molecule has 106 valence electrons. The summed E-state index contributed by atoms with van der Waals surface area (Å²) in [5, 5.41) is 3.54. The number of piperidine rings is 1. The summed E-state index contributed by atoms with van der Waals surface area (Å²) in [5.41, 5.74) is 1.83. The summed E-state index contributed by atoms with van der Waals surface area (Å²) in [4.78, 5) is 4.59. The molecule has 0 aromatic carbocycles. The minimum atomic E-state index is 0.528. The summed E-state index contributed by atoms with van der Waals surface area (Å²) in [6.07, 6.45) is 15.3. The van der Waals surface area contributed by atoms with Gasteiger partial charge in [0.25, 0.3) is 0 Å². The zero-order chi connectivity index (χ0) is 13.1. The zero-order valence-corrected chi connectivity index (χ0v) is 12.2. The first-order valence-corrected chi connectivity index (χ1v) is 7.96. The van der Waals surface area contributed by atoms with E-state index in [-0.39, 0.29) is 0 Å². The van der Waals surface area contributed by atoms with Crippen molar-refractivity contribution >= 4 is 0 Å². The minimum Gasteiger partial charge on any atom is -0.340 e. The average Bonchev–Trinajstić information content (AvgIpc) is 2.86. The molecule has 1 N–H and O–H groups in total. The summed E-state index contributed by atoms with van der Waals surface area (Å²) < 4.78 is 2.09. The van der Waals surface area contributed by atoms with Crippen molar-refractivity contribution in [3.8, 4) is 0 Å². The maximum Gasteiger partial charge on any atom is 0.0946 e. The monoisotopic (exact) mass is 261 g/mol. The van der Waals surface area contributed by atoms with E-state index in [0.717, 1.165) is 5.92 Å². The Hall–Kier alpha value is -0.830. The first-order chi connectivity index (χ1) is 9.28. The zero-order valence-electron chi connectivity index (χ0n) is 12.2. The van der Waals surface area contributed by atoms with E-state index in [1.807, 2.05) is 6.33 Å². The standard InChI is InChI=1S/C16H27N3/c1-19-12-15(18-13-19)11-16(7-9-17-10-8-16)14-5-3-2-4-6-14/h12-14,17H,2-11H2,1H3. The number of rotatable bonds is 3. The van der Waals surface area contributed by atoms with E-state index < -0.39 is 0 Å². The Bertz CT molecular complexity index is 398. The molecule has 2 aliphatic rings. The fraction of sp³-hybridized carbons (Fsp3) is 0.812. The Kier molecular flexibility index (Phi) is 3.92. The van der Waals surface area contributed by atoms with Crippen molar-refractivity contribution in [3.05, 3.63) is 18.2 Å². The topological polar surface area (TPSA) is 29.9 Å². The Labute approximate surface area is 116 Å². The molecule has 1 aliphatic heterocycles. The smallest absolute Gasteiger partial charge is 0.0946 e. The van der Waals surface area contributed by atoms with Crippen LogP contribution in [0.5, 0.6) is 0 Å². The lowest BCUT2D eigenvalue weighted by Gasteiger charge is -2.45. The maximum absolute atomic E-state index is 4.59. The highest BCUT2D eigenvalue weighted by molar-refractivity contribution is 5.05. The highest BCUT2D eigenvalue weighted by Crippen LogP contribution is 2.46. The Morgan fingerprint density at radius 2 is 2.00 bits per heavy atom. The van der Waals surface area contributed by atoms with E-state index in [4.69, 9.17) is 0 Å². The third kappa shape index (κ3) is 2.86. The molecule has 1 saturated heterocycles. The summed E-state index contributed by atoms with van der Waals surface area (Å²) in [7, 11) is 2.08. The summed E-state index contributed by atoms with van der Waals surface area (Å²) in [5.74, 6) is 0.936. The van der Waals surface area contributed by atoms with E-state index in [9.17, 15) is 0 Å². The van der Waals surface area contributed by atoms with Crippen LogP contribution < -0.4 is 5.32 Å². The molecule has 0 unspecified atom stereocenters. The van der Waals surface area contributed by atoms with Gasteiger partial charge in [-0.2, -0.15) is 0 Å². The van der Waals surface area contributed by atoms with Gasteiger partial charge in [0.15, 0.2) is 0 Å². The van der Waals surface area contributed by atoms with Crippen LogP contribution >= 0.6 is 0 Å². The molecular formula is C16H27N3. The van der Waals surface area contributed by atoms with Gasteiger partial charge in [0.1, 0.15) is 0 Å². The van der Waals surface area contributed by atoms with Crippen LogP contribution in [0, 0.1) is 11.3 Å². The summed E-state index contributed by atoms with van der Waals surface area (Å²) in [6, 6.07) is 0. The minimum absolute atomic E-state index is 0.528. The van der Waals surface area contributed by atoms with Gasteiger partial charge in [-0.1, -0.05) is 19.3 Å². The second-order valence-corrected chi connectivity index (χ2v) is 6.65. The molecule has 0 amide bonds. The van der Waals surface area contributed by atoms with Gasteiger partial charge in [0, 0.05) is 13.2 Å². The van der Waals surface area contributed by atoms with Crippen molar-refractivity contribution in [1.82, 2.24) is 14.9 Å². The Morgan fingerprint density at radius 3 is 2.63 bits per heavy atom. The van der Waals surface area contributed by atoms with Crippen molar-refractivity contribution in [3.63, 3.8) is 0 Å². The first kappa shape index (κ1) is 13.2. The van der Waals surface area contributed by atoms with Crippen LogP contribution in [0.4, 0.5) is 0 Å². The third-order valence-electron chi connectivity index (χ3n) is 5.36. The van der Waals surface area contributed by atoms with E-state index in [0.29, 0.717) is 5.41 Å². The molecule has 2 heterocycles. The van der Waals surface area contributed by atoms with Crippen molar-refractivity contribution < 1.29 is 0 Å². The number of aryl methyl sites for hydroxylation is 1. The lowest BCUT2D eigenvalue weighted by atomic mass is 9.62. The van der Waals surface area contributed by atoms with Gasteiger partial charge in [-0.3, -0.25) is 0 Å². The predicted molar refractivity (Wildman–Crippen MR) is 78.0 cm³/mol. The normalized spacial score (nSPS) is 24.5. The molecule has 3 heteroatoms. The molecule has 3 rings (SSSR count). The fourth-order valence-corrected chi connectivity index (χ4v) is 4.29. The molecule has 1 aliphatic carbocycles. The highest BCUT2D eigenvalue weighted by atomic mass is 15.0. The van der Waals surface area contributed by atoms with Crippen LogP contribution in [0.3, 0.4) is 0 Å². The van der Waals surface area contributed by atoms with Crippen molar-refractivity contribution in [1.29, 1.82) is 0 Å². The lowest BCUT2D eigenvalue weighted by molar-refractivity contribution is 0.0739. The first-order valence-electron chi connectivity index (χ1n) is 7.96. The van der Waals surface area contributed by atoms with Crippen LogP contribution in [0.2, 0.25) is 0 Å². The molecule has 19 heavy (non-hydrogen) atoms. The molecule has 1 aromatic rings. The quantitative estimate of drug-likeness (QED) is 0.906. The number of hydrogen-bond acceptors (Lipinski definition) is 2. The molecule has 0 bridgehead atoms. The summed E-state index contributed by atoms with van der Waals surface area (Å²) >= 11 is 0. The van der Waals surface area contributed by atoms with Gasteiger partial charge < -0.3 is 9.88 Å². The molecule has 2 fully saturated rings. The SMILES string of the molecule is Cn1cnc(CC2(C3CCCCC3)CCNCC2)c1. The average molecular weight is 261 g/mol. The summed E-state index contributed by atoms with van der Waals surface area (Å²) in [6.45, 7) is 2.40. The Morgan fingerprint density at radius 1 is 1.26 bits per heavy atom. The molecule has 1 saturated carbocycles. The van der Waals surface area contributed by atoms with Crippen LogP contribution in [-0.4, -0.2) is 22.6 Å². The molecule has 0 radical (unpaired) electrons. The van der Waals surface area contributed by atoms with Crippen LogP contribution in [-0.2, 0) is 13.5 Å². The van der Waals surface area contributed by atoms with E-state index in [1.54, 1.807) is 0 Å². The maximum atomic E-state index is 4.59. The van der Waals surface area contributed by atoms with Gasteiger partial charge in [-0.15, -0.1) is 0 Å². The third-order valence-corrected chi connectivity index (χ3v) is 5.36. The molecule has 0 spiro atoms. The van der Waals surface area contributed by atoms with Gasteiger partial charge in [0.05, 0.1) is 12.0 Å². The van der Waals surface area contributed by atoms with E-state index in [1.165, 1.54) is 70.2 Å². The Balaban J connectivity index is 1.78. The van der Waals surface area contributed by atoms with E-state index >= 15 is 0 Å². The molecule has 0 atom stereocenters. The van der Waals surface area contributed by atoms with Gasteiger partial charge >= 0.3 is 0 Å². The second-order valence-electron chi connectivity index (χ2n) is 6.65. The highest BCUT2D eigenvalue weighted by Gasteiger charge is 2.40. The fourth-order valence-electron chi connectivity index (χ4n) is 4.29. The van der Waals surface area contributed by atoms with Crippen molar-refractivity contribution in [2.45, 2.75) is 51.4 Å². The van der Waals surface area contributed by atoms with Gasteiger partial charge in [-0.05, 0) is 56.5 Å². The second kappa shape index (κ2) is 5.66. The van der Waals surface area contributed by atoms with Crippen LogP contribution in [0.25, 0.3) is 0 Å². The molecule has 3 nitrogen and oxygen atoms in total. The lowest BCUT2D eigenvalue weighted by Crippen LogP contribution is -2.44. The van der Waals surface area contributed by atoms with Crippen LogP contribution in [0.15, 0.2) is 12.5 Å². The largest absolute Gasteiger partial charge is 0.340 e. The van der Waals surface area contributed by atoms with Gasteiger partial charge in [0.2, 0.25) is 0 Å². The number of aromatic nitrogens is 2. The van der Waals surface area contributed by atoms with Gasteiger partial charge in [-0.25, -0.2) is 4.98 Å². The van der Waals surface area contributed by atoms with Crippen molar-refractivity contribution in [2.75, 3.05) is 13.1 Å². The number of nitrogens with one attached hydrogen (secondary N) is 1. The van der Waals surface area contributed by atoms with Crippen molar-refractivity contribution in [2.24, 2.45) is 18.4 Å². The molecule has 1 aromatic heterocycles. The number of imidazole rings is 1. The number of nitrogens with zero attached hydrogens (tertiary/aromatic N) is 2. The van der Waals surface area contributed by atoms with E-state index in [2.05, 4.69) is 28.1 Å². The molecular weight excluding hydrogens is 234 g/mol.